The summed E-state index contributed by atoms with van der Waals surface area (Å²) in [6.45, 7) is 1.89. The normalized spacial score (nSPS) is 15.1. The zero-order valence-electron chi connectivity index (χ0n) is 15.8. The lowest BCUT2D eigenvalue weighted by atomic mass is 10.1. The summed E-state index contributed by atoms with van der Waals surface area (Å²) in [4.78, 5) is 16.6. The van der Waals surface area contributed by atoms with Gasteiger partial charge in [0.2, 0.25) is 10.0 Å². The Labute approximate surface area is 169 Å². The molecule has 1 fully saturated rings. The summed E-state index contributed by atoms with van der Waals surface area (Å²) < 4.78 is 28.7. The van der Waals surface area contributed by atoms with Crippen molar-refractivity contribution in [3.63, 3.8) is 0 Å². The number of aromatic nitrogens is 3. The molecule has 1 heterocycles. The molecule has 150 valence electrons. The van der Waals surface area contributed by atoms with E-state index in [1.165, 1.54) is 30.6 Å². The first-order valence-electron chi connectivity index (χ1n) is 9.30. The van der Waals surface area contributed by atoms with Crippen LogP contribution in [0.2, 0.25) is 0 Å². The topological polar surface area (TPSA) is 106 Å². The zero-order valence-corrected chi connectivity index (χ0v) is 16.6. The average molecular weight is 411 g/mol. The minimum atomic E-state index is -3.52. The van der Waals surface area contributed by atoms with E-state index in [-0.39, 0.29) is 22.9 Å². The van der Waals surface area contributed by atoms with Crippen LogP contribution < -0.4 is 10.0 Å². The highest BCUT2D eigenvalue weighted by atomic mass is 32.2. The van der Waals surface area contributed by atoms with Crippen molar-refractivity contribution in [2.24, 2.45) is 0 Å². The summed E-state index contributed by atoms with van der Waals surface area (Å²) in [6.07, 6.45) is 4.83. The minimum absolute atomic E-state index is 0.0415. The second-order valence-electron chi connectivity index (χ2n) is 7.05. The Morgan fingerprint density at radius 3 is 2.38 bits per heavy atom. The SMILES string of the molecule is CC(NC(=O)c1ccc(S(=O)(=O)NC2CC2)cc1)c1ccc(-n2cncn2)cc1. The third-order valence-corrected chi connectivity index (χ3v) is 6.29. The van der Waals surface area contributed by atoms with Crippen molar-refractivity contribution in [3.05, 3.63) is 72.3 Å². The molecule has 9 heteroatoms. The number of nitrogens with zero attached hydrogens (tertiary/aromatic N) is 3. The summed E-state index contributed by atoms with van der Waals surface area (Å²) >= 11 is 0. The Hall–Kier alpha value is -3.04. The van der Waals surface area contributed by atoms with E-state index in [9.17, 15) is 13.2 Å². The van der Waals surface area contributed by atoms with Gasteiger partial charge in [0.1, 0.15) is 12.7 Å². The van der Waals surface area contributed by atoms with Gasteiger partial charge in [-0.3, -0.25) is 4.79 Å². The fourth-order valence-electron chi connectivity index (χ4n) is 2.89. The van der Waals surface area contributed by atoms with Crippen molar-refractivity contribution in [1.29, 1.82) is 0 Å². The van der Waals surface area contributed by atoms with Gasteiger partial charge in [0.15, 0.2) is 0 Å². The molecule has 29 heavy (non-hydrogen) atoms. The van der Waals surface area contributed by atoms with Gasteiger partial charge in [-0.05, 0) is 61.7 Å². The van der Waals surface area contributed by atoms with Gasteiger partial charge in [-0.25, -0.2) is 22.8 Å². The quantitative estimate of drug-likeness (QED) is 0.620. The molecule has 0 radical (unpaired) electrons. The number of hydrogen-bond acceptors (Lipinski definition) is 5. The van der Waals surface area contributed by atoms with E-state index in [2.05, 4.69) is 20.1 Å². The van der Waals surface area contributed by atoms with Crippen LogP contribution >= 0.6 is 0 Å². The molecule has 1 aliphatic carbocycles. The minimum Gasteiger partial charge on any atom is -0.346 e. The van der Waals surface area contributed by atoms with E-state index < -0.39 is 10.0 Å². The highest BCUT2D eigenvalue weighted by Gasteiger charge is 2.28. The summed E-state index contributed by atoms with van der Waals surface area (Å²) in [7, 11) is -3.52. The first-order valence-corrected chi connectivity index (χ1v) is 10.8. The molecule has 3 aromatic rings. The third-order valence-electron chi connectivity index (χ3n) is 4.75. The molecule has 0 saturated heterocycles. The number of amides is 1. The molecule has 1 aliphatic rings. The second kappa shape index (κ2) is 7.76. The van der Waals surface area contributed by atoms with Crippen molar-refractivity contribution in [1.82, 2.24) is 24.8 Å². The monoisotopic (exact) mass is 411 g/mol. The van der Waals surface area contributed by atoms with Crippen LogP contribution in [0.3, 0.4) is 0 Å². The Morgan fingerprint density at radius 1 is 1.10 bits per heavy atom. The molecule has 1 saturated carbocycles. The molecule has 0 spiro atoms. The van der Waals surface area contributed by atoms with Gasteiger partial charge in [0.05, 0.1) is 16.6 Å². The molecular weight excluding hydrogens is 390 g/mol. The highest BCUT2D eigenvalue weighted by molar-refractivity contribution is 7.89. The standard InChI is InChI=1S/C20H21N5O3S/c1-14(15-2-8-18(9-3-15)25-13-21-12-22-25)23-20(26)16-4-10-19(11-5-16)29(27,28)24-17-6-7-17/h2-5,8-14,17,24H,6-7H2,1H3,(H,23,26). The maximum Gasteiger partial charge on any atom is 0.251 e. The molecule has 8 nitrogen and oxygen atoms in total. The number of carbonyl (C=O) groups is 1. The third kappa shape index (κ3) is 4.52. The van der Waals surface area contributed by atoms with Gasteiger partial charge in [-0.1, -0.05) is 12.1 Å². The van der Waals surface area contributed by atoms with E-state index in [0.29, 0.717) is 5.56 Å². The van der Waals surface area contributed by atoms with Gasteiger partial charge in [-0.2, -0.15) is 5.10 Å². The lowest BCUT2D eigenvalue weighted by Crippen LogP contribution is -2.27. The molecule has 1 unspecified atom stereocenters. The summed E-state index contributed by atoms with van der Waals surface area (Å²) in [6, 6.07) is 13.4. The summed E-state index contributed by atoms with van der Waals surface area (Å²) in [5.74, 6) is -0.267. The fourth-order valence-corrected chi connectivity index (χ4v) is 4.20. The molecular formula is C20H21N5O3S. The molecule has 0 aliphatic heterocycles. The maximum absolute atomic E-state index is 12.5. The summed E-state index contributed by atoms with van der Waals surface area (Å²) in [5.41, 5.74) is 2.22. The Morgan fingerprint density at radius 2 is 1.79 bits per heavy atom. The predicted molar refractivity (Wildman–Crippen MR) is 107 cm³/mol. The largest absolute Gasteiger partial charge is 0.346 e. The zero-order chi connectivity index (χ0) is 20.4. The van der Waals surface area contributed by atoms with Crippen LogP contribution in [0.4, 0.5) is 0 Å². The van der Waals surface area contributed by atoms with Crippen molar-refractivity contribution >= 4 is 15.9 Å². The molecule has 0 bridgehead atoms. The first kappa shape index (κ1) is 19.3. The van der Waals surface area contributed by atoms with Gasteiger partial charge in [0, 0.05) is 11.6 Å². The predicted octanol–water partition coefficient (Wildman–Crippen LogP) is 2.20. The lowest BCUT2D eigenvalue weighted by Gasteiger charge is -2.15. The number of sulfonamides is 1. The van der Waals surface area contributed by atoms with E-state index >= 15 is 0 Å². The van der Waals surface area contributed by atoms with Crippen LogP contribution in [-0.2, 0) is 10.0 Å². The van der Waals surface area contributed by atoms with Gasteiger partial charge in [0.25, 0.3) is 5.91 Å². The van der Waals surface area contributed by atoms with Gasteiger partial charge in [-0.15, -0.1) is 0 Å². The van der Waals surface area contributed by atoms with Gasteiger partial charge >= 0.3 is 0 Å². The molecule has 2 N–H and O–H groups in total. The van der Waals surface area contributed by atoms with E-state index in [1.807, 2.05) is 31.2 Å². The lowest BCUT2D eigenvalue weighted by molar-refractivity contribution is 0.0940. The Balaban J connectivity index is 1.40. The maximum atomic E-state index is 12.5. The first-order chi connectivity index (χ1) is 13.9. The molecule has 4 rings (SSSR count). The Kier molecular flexibility index (Phi) is 5.16. The van der Waals surface area contributed by atoms with Crippen molar-refractivity contribution in [2.45, 2.75) is 36.7 Å². The van der Waals surface area contributed by atoms with Crippen LogP contribution in [0.5, 0.6) is 0 Å². The molecule has 2 aromatic carbocycles. The summed E-state index contributed by atoms with van der Waals surface area (Å²) in [5, 5.41) is 7.01. The van der Waals surface area contributed by atoms with Crippen molar-refractivity contribution in [3.8, 4) is 5.69 Å². The van der Waals surface area contributed by atoms with Crippen molar-refractivity contribution in [2.75, 3.05) is 0 Å². The smallest absolute Gasteiger partial charge is 0.251 e. The van der Waals surface area contributed by atoms with Crippen LogP contribution in [0.15, 0.2) is 66.1 Å². The number of benzene rings is 2. The van der Waals surface area contributed by atoms with Crippen LogP contribution in [0.1, 0.15) is 41.7 Å². The average Bonchev–Trinajstić information content (AvgIpc) is 3.35. The van der Waals surface area contributed by atoms with Gasteiger partial charge < -0.3 is 5.32 Å². The number of carbonyl (C=O) groups excluding carboxylic acids is 1. The van der Waals surface area contributed by atoms with Crippen molar-refractivity contribution < 1.29 is 13.2 Å². The molecule has 1 aromatic heterocycles. The van der Waals surface area contributed by atoms with E-state index in [1.54, 1.807) is 11.0 Å². The highest BCUT2D eigenvalue weighted by Crippen LogP contribution is 2.22. The number of nitrogens with one attached hydrogen (secondary N) is 2. The molecule has 1 amide bonds. The van der Waals surface area contributed by atoms with Crippen LogP contribution in [0.25, 0.3) is 5.69 Å². The number of rotatable bonds is 7. The van der Waals surface area contributed by atoms with Crippen LogP contribution in [0, 0.1) is 0 Å². The van der Waals surface area contributed by atoms with E-state index in [4.69, 9.17) is 0 Å². The number of hydrogen-bond donors (Lipinski definition) is 2. The van der Waals surface area contributed by atoms with Crippen LogP contribution in [-0.4, -0.2) is 35.1 Å². The van der Waals surface area contributed by atoms with E-state index in [0.717, 1.165) is 24.1 Å². The fraction of sp³-hybridized carbons (Fsp3) is 0.250. The second-order valence-corrected chi connectivity index (χ2v) is 8.76. The molecule has 1 atom stereocenters. The Bertz CT molecular complexity index is 1090.